The number of benzene rings is 1. The molecule has 2 rings (SSSR count). The maximum absolute atomic E-state index is 5.59. The van der Waals surface area contributed by atoms with Gasteiger partial charge in [-0.15, -0.1) is 0 Å². The topological polar surface area (TPSA) is 92.1 Å². The summed E-state index contributed by atoms with van der Waals surface area (Å²) in [6.07, 6.45) is 0. The maximum atomic E-state index is 5.59. The van der Waals surface area contributed by atoms with Crippen molar-refractivity contribution >= 4 is 5.84 Å². The minimum absolute atomic E-state index is 0.175. The first-order valence-corrected chi connectivity index (χ1v) is 4.27. The lowest BCUT2D eigenvalue weighted by atomic mass is 10.1. The summed E-state index contributed by atoms with van der Waals surface area (Å²) in [5, 5.41) is 3.40. The first-order valence-electron chi connectivity index (χ1n) is 4.27. The van der Waals surface area contributed by atoms with Gasteiger partial charge in [0.25, 0.3) is 0 Å². The molecule has 0 saturated heterocycles. The summed E-state index contributed by atoms with van der Waals surface area (Å²) in [5.41, 5.74) is 6.22. The summed E-state index contributed by atoms with van der Waals surface area (Å²) in [6.45, 7) is 0.175. The number of fused-ring (bicyclic) bond motifs is 1. The van der Waals surface area contributed by atoms with Crippen LogP contribution in [-0.2, 0) is 0 Å². The average Bonchev–Trinajstić information content (AvgIpc) is 2.74. The molecule has 0 amide bonds. The van der Waals surface area contributed by atoms with Crippen molar-refractivity contribution in [2.45, 2.75) is 0 Å². The van der Waals surface area contributed by atoms with Crippen molar-refractivity contribution in [3.05, 3.63) is 17.7 Å². The van der Waals surface area contributed by atoms with Gasteiger partial charge >= 0.3 is 0 Å². The summed E-state index contributed by atoms with van der Waals surface area (Å²) >= 11 is 0. The van der Waals surface area contributed by atoms with Gasteiger partial charge < -0.3 is 25.8 Å². The molecule has 4 N–H and O–H groups in total. The molecular formula is C9H11N3O3. The molecule has 0 fully saturated rings. The number of methoxy groups -OCH3 is 1. The highest BCUT2D eigenvalue weighted by molar-refractivity contribution is 5.98. The highest BCUT2D eigenvalue weighted by atomic mass is 16.7. The standard InChI is InChI=1S/C9H11N3O3/c1-13-6-2-5(9(10)12-11)3-7-8(6)15-4-14-7/h2-3H,4,11H2,1H3,(H2,10,12). The summed E-state index contributed by atoms with van der Waals surface area (Å²) in [4.78, 5) is 0. The first kappa shape index (κ1) is 9.45. The minimum atomic E-state index is 0.175. The molecule has 0 radical (unpaired) electrons. The summed E-state index contributed by atoms with van der Waals surface area (Å²) in [6, 6.07) is 3.40. The van der Waals surface area contributed by atoms with Crippen LogP contribution in [0.25, 0.3) is 0 Å². The number of hydrazone groups is 1. The van der Waals surface area contributed by atoms with Crippen molar-refractivity contribution < 1.29 is 14.2 Å². The Morgan fingerprint density at radius 3 is 2.93 bits per heavy atom. The molecule has 0 atom stereocenters. The summed E-state index contributed by atoms with van der Waals surface area (Å²) in [5.74, 6) is 7.01. The predicted octanol–water partition coefficient (Wildman–Crippen LogP) is 0.00290. The lowest BCUT2D eigenvalue weighted by molar-refractivity contribution is 0.171. The molecule has 15 heavy (non-hydrogen) atoms. The second kappa shape index (κ2) is 3.56. The van der Waals surface area contributed by atoms with Gasteiger partial charge in [-0.05, 0) is 12.1 Å². The molecular weight excluding hydrogens is 198 g/mol. The van der Waals surface area contributed by atoms with Crippen LogP contribution in [0.15, 0.2) is 17.2 Å². The Bertz CT molecular complexity index is 417. The van der Waals surface area contributed by atoms with Gasteiger partial charge in [0, 0.05) is 5.56 Å². The molecule has 6 heteroatoms. The van der Waals surface area contributed by atoms with Crippen molar-refractivity contribution in [1.29, 1.82) is 0 Å². The first-order chi connectivity index (χ1) is 7.26. The maximum Gasteiger partial charge on any atom is 0.231 e. The van der Waals surface area contributed by atoms with Crippen LogP contribution < -0.4 is 25.8 Å². The van der Waals surface area contributed by atoms with Crippen LogP contribution in [0.5, 0.6) is 17.2 Å². The van der Waals surface area contributed by atoms with E-state index in [1.165, 1.54) is 7.11 Å². The van der Waals surface area contributed by atoms with Gasteiger partial charge in [-0.1, -0.05) is 0 Å². The van der Waals surface area contributed by atoms with E-state index in [2.05, 4.69) is 5.10 Å². The quantitative estimate of drug-likeness (QED) is 0.309. The SMILES string of the molecule is COc1cc(/C(N)=N/N)cc2c1OCO2. The lowest BCUT2D eigenvalue weighted by Gasteiger charge is -2.07. The molecule has 1 aliphatic heterocycles. The van der Waals surface area contributed by atoms with E-state index in [9.17, 15) is 0 Å². The Balaban J connectivity index is 2.52. The molecule has 0 unspecified atom stereocenters. The van der Waals surface area contributed by atoms with Crippen molar-refractivity contribution in [2.24, 2.45) is 16.7 Å². The molecule has 0 spiro atoms. The molecule has 0 saturated carbocycles. The van der Waals surface area contributed by atoms with Crippen molar-refractivity contribution in [3.63, 3.8) is 0 Å². The van der Waals surface area contributed by atoms with Crippen LogP contribution in [0.1, 0.15) is 5.56 Å². The van der Waals surface area contributed by atoms with E-state index in [1.54, 1.807) is 12.1 Å². The normalized spacial score (nSPS) is 14.1. The van der Waals surface area contributed by atoms with Crippen LogP contribution >= 0.6 is 0 Å². The highest BCUT2D eigenvalue weighted by Crippen LogP contribution is 2.41. The molecule has 1 aromatic carbocycles. The zero-order valence-electron chi connectivity index (χ0n) is 8.19. The largest absolute Gasteiger partial charge is 0.493 e. The van der Waals surface area contributed by atoms with E-state index in [1.807, 2.05) is 0 Å². The fraction of sp³-hybridized carbons (Fsp3) is 0.222. The van der Waals surface area contributed by atoms with Crippen molar-refractivity contribution in [1.82, 2.24) is 0 Å². The van der Waals surface area contributed by atoms with Crippen LogP contribution in [0.2, 0.25) is 0 Å². The number of amidine groups is 1. The molecule has 0 aromatic heterocycles. The predicted molar refractivity (Wildman–Crippen MR) is 54.0 cm³/mol. The monoisotopic (exact) mass is 209 g/mol. The number of nitrogens with two attached hydrogens (primary N) is 2. The number of rotatable bonds is 2. The average molecular weight is 209 g/mol. The van der Waals surface area contributed by atoms with Gasteiger partial charge in [0.15, 0.2) is 17.3 Å². The Labute approximate surface area is 86.4 Å². The zero-order chi connectivity index (χ0) is 10.8. The van der Waals surface area contributed by atoms with Gasteiger partial charge in [-0.2, -0.15) is 5.10 Å². The Kier molecular flexibility index (Phi) is 2.24. The van der Waals surface area contributed by atoms with Crippen LogP contribution in [0, 0.1) is 0 Å². The van der Waals surface area contributed by atoms with E-state index < -0.39 is 0 Å². The smallest absolute Gasteiger partial charge is 0.231 e. The minimum Gasteiger partial charge on any atom is -0.493 e. The third kappa shape index (κ3) is 1.50. The Morgan fingerprint density at radius 2 is 2.27 bits per heavy atom. The van der Waals surface area contributed by atoms with E-state index >= 15 is 0 Å². The van der Waals surface area contributed by atoms with Gasteiger partial charge in [-0.3, -0.25) is 0 Å². The van der Waals surface area contributed by atoms with Gasteiger partial charge in [-0.25, -0.2) is 0 Å². The van der Waals surface area contributed by atoms with Crippen LogP contribution in [0.3, 0.4) is 0 Å². The van der Waals surface area contributed by atoms with E-state index in [-0.39, 0.29) is 12.6 Å². The second-order valence-corrected chi connectivity index (χ2v) is 2.93. The van der Waals surface area contributed by atoms with Crippen LogP contribution in [0.4, 0.5) is 0 Å². The third-order valence-corrected chi connectivity index (χ3v) is 2.09. The Hall–Kier alpha value is -2.11. The molecule has 1 aromatic rings. The molecule has 6 nitrogen and oxygen atoms in total. The molecule has 0 aliphatic carbocycles. The highest BCUT2D eigenvalue weighted by Gasteiger charge is 2.20. The third-order valence-electron chi connectivity index (χ3n) is 2.09. The van der Waals surface area contributed by atoms with Gasteiger partial charge in [0.2, 0.25) is 12.5 Å². The molecule has 1 heterocycles. The Morgan fingerprint density at radius 1 is 1.47 bits per heavy atom. The number of hydrogen-bond donors (Lipinski definition) is 2. The number of hydrogen-bond acceptors (Lipinski definition) is 5. The molecule has 0 bridgehead atoms. The van der Waals surface area contributed by atoms with Gasteiger partial charge in [0.05, 0.1) is 7.11 Å². The summed E-state index contributed by atoms with van der Waals surface area (Å²) < 4.78 is 15.6. The molecule has 80 valence electrons. The van der Waals surface area contributed by atoms with Crippen molar-refractivity contribution in [3.8, 4) is 17.2 Å². The number of ether oxygens (including phenoxy) is 3. The van der Waals surface area contributed by atoms with E-state index in [0.717, 1.165) is 0 Å². The van der Waals surface area contributed by atoms with Crippen molar-refractivity contribution in [2.75, 3.05) is 13.9 Å². The van der Waals surface area contributed by atoms with E-state index in [4.69, 9.17) is 25.8 Å². The fourth-order valence-corrected chi connectivity index (χ4v) is 1.35. The number of nitrogens with zero attached hydrogens (tertiary/aromatic N) is 1. The van der Waals surface area contributed by atoms with E-state index in [0.29, 0.717) is 22.8 Å². The lowest BCUT2D eigenvalue weighted by Crippen LogP contribution is -2.15. The summed E-state index contributed by atoms with van der Waals surface area (Å²) in [7, 11) is 1.54. The molecule has 1 aliphatic rings. The van der Waals surface area contributed by atoms with Crippen LogP contribution in [-0.4, -0.2) is 19.7 Å². The fourth-order valence-electron chi connectivity index (χ4n) is 1.35. The second-order valence-electron chi connectivity index (χ2n) is 2.93. The van der Waals surface area contributed by atoms with Gasteiger partial charge in [0.1, 0.15) is 0 Å². The zero-order valence-corrected chi connectivity index (χ0v) is 8.19.